The smallest absolute Gasteiger partial charge is 0.275 e. The molecule has 5 nitrogen and oxygen atoms in total. The molecule has 0 aromatic heterocycles. The molecule has 0 saturated carbocycles. The van der Waals surface area contributed by atoms with E-state index in [9.17, 15) is 4.79 Å². The van der Waals surface area contributed by atoms with E-state index in [-0.39, 0.29) is 0 Å². The van der Waals surface area contributed by atoms with Crippen molar-refractivity contribution in [1.29, 1.82) is 0 Å². The molecule has 0 unspecified atom stereocenters. The van der Waals surface area contributed by atoms with Crippen molar-refractivity contribution in [3.8, 4) is 0 Å². The second kappa shape index (κ2) is 4.56. The van der Waals surface area contributed by atoms with Gasteiger partial charge in [-0.1, -0.05) is 30.3 Å². The van der Waals surface area contributed by atoms with Gasteiger partial charge in [0.1, 0.15) is 6.54 Å². The molecule has 2 rings (SSSR count). The van der Waals surface area contributed by atoms with Gasteiger partial charge in [-0.25, -0.2) is 0 Å². The van der Waals surface area contributed by atoms with Crippen LogP contribution in [0.5, 0.6) is 0 Å². The molecule has 5 heteroatoms. The number of benzene rings is 1. The first-order valence-electron chi connectivity index (χ1n) is 4.74. The molecule has 1 amide bonds. The largest absolute Gasteiger partial charge is 0.278 e. The molecule has 0 aliphatic carbocycles. The first-order valence-corrected chi connectivity index (χ1v) is 4.74. The Morgan fingerprint density at radius 1 is 1.47 bits per heavy atom. The summed E-state index contributed by atoms with van der Waals surface area (Å²) in [5, 5.41) is 1.92. The minimum absolute atomic E-state index is 0.589. The lowest BCUT2D eigenvalue weighted by atomic mass is 10.2. The van der Waals surface area contributed by atoms with Crippen LogP contribution in [-0.2, 0) is 11.3 Å². The Kier molecular flexibility index (Phi) is 2.94. The van der Waals surface area contributed by atoms with Gasteiger partial charge in [0.2, 0.25) is 6.41 Å². The van der Waals surface area contributed by atoms with E-state index in [1.165, 1.54) is 5.56 Å². The number of carbonyl (C=O) groups is 1. The van der Waals surface area contributed by atoms with Gasteiger partial charge in [-0.3, -0.25) is 4.79 Å². The van der Waals surface area contributed by atoms with Crippen LogP contribution in [0.3, 0.4) is 0 Å². The summed E-state index contributed by atoms with van der Waals surface area (Å²) in [4.78, 5) is 10.2. The standard InChI is InChI=1S/C10H12N4O/c15-8-12-14-7-11-13(9-14)6-10-4-2-1-3-5-10/h1-5,8-9,11H,6-7H2/p+1. The summed E-state index contributed by atoms with van der Waals surface area (Å²) in [6, 6.07) is 10.1. The highest BCUT2D eigenvalue weighted by atomic mass is 16.1. The van der Waals surface area contributed by atoms with Gasteiger partial charge in [-0.2, -0.15) is 10.4 Å². The molecule has 1 aliphatic heterocycles. The number of nitrogens with zero attached hydrogens (tertiary/aromatic N) is 2. The van der Waals surface area contributed by atoms with Gasteiger partial charge in [-0.05, 0) is 5.56 Å². The number of amides is 1. The van der Waals surface area contributed by atoms with E-state index >= 15 is 0 Å². The second-order valence-electron chi connectivity index (χ2n) is 3.26. The van der Waals surface area contributed by atoms with E-state index in [0.29, 0.717) is 13.1 Å². The van der Waals surface area contributed by atoms with Crippen molar-refractivity contribution in [2.45, 2.75) is 6.54 Å². The number of hydrogen-bond acceptors (Lipinski definition) is 3. The van der Waals surface area contributed by atoms with E-state index in [2.05, 4.69) is 23.0 Å². The maximum absolute atomic E-state index is 10.2. The van der Waals surface area contributed by atoms with E-state index in [4.69, 9.17) is 0 Å². The zero-order valence-corrected chi connectivity index (χ0v) is 8.26. The van der Waals surface area contributed by atoms with E-state index in [1.807, 2.05) is 29.5 Å². The van der Waals surface area contributed by atoms with E-state index in [1.54, 1.807) is 4.68 Å². The van der Waals surface area contributed by atoms with E-state index in [0.717, 1.165) is 6.54 Å². The third-order valence-corrected chi connectivity index (χ3v) is 2.14. The summed E-state index contributed by atoms with van der Waals surface area (Å²) in [5.74, 6) is 0. The zero-order chi connectivity index (χ0) is 10.5. The van der Waals surface area contributed by atoms with Crippen LogP contribution in [0.15, 0.2) is 30.3 Å². The molecular weight excluding hydrogens is 192 g/mol. The topological polar surface area (TPSA) is 47.4 Å². The lowest BCUT2D eigenvalue weighted by Gasteiger charge is -2.05. The predicted molar refractivity (Wildman–Crippen MR) is 55.5 cm³/mol. The molecule has 1 aliphatic rings. The number of hydrazone groups is 1. The van der Waals surface area contributed by atoms with Gasteiger partial charge in [0.25, 0.3) is 6.34 Å². The van der Waals surface area contributed by atoms with E-state index < -0.39 is 0 Å². The number of carbonyl (C=O) groups excluding carboxylic acids is 1. The number of rotatable bonds is 4. The van der Waals surface area contributed by atoms with Crippen molar-refractivity contribution in [1.82, 2.24) is 15.9 Å². The number of hydrogen-bond donors (Lipinski definition) is 2. The van der Waals surface area contributed by atoms with Crippen LogP contribution in [0.1, 0.15) is 5.56 Å². The van der Waals surface area contributed by atoms with Crippen molar-refractivity contribution in [2.24, 2.45) is 0 Å². The summed E-state index contributed by atoms with van der Waals surface area (Å²) in [6.07, 6.45) is 2.48. The molecule has 0 atom stereocenters. The summed E-state index contributed by atoms with van der Waals surface area (Å²) in [6.45, 7) is 1.36. The molecule has 1 heterocycles. The summed E-state index contributed by atoms with van der Waals surface area (Å²) >= 11 is 0. The van der Waals surface area contributed by atoms with Crippen molar-refractivity contribution >= 4 is 12.7 Å². The Morgan fingerprint density at radius 3 is 3.00 bits per heavy atom. The van der Waals surface area contributed by atoms with Gasteiger partial charge in [0.15, 0.2) is 6.67 Å². The molecule has 78 valence electrons. The van der Waals surface area contributed by atoms with Crippen LogP contribution >= 0.6 is 0 Å². The molecule has 1 aromatic rings. The van der Waals surface area contributed by atoms with Gasteiger partial charge < -0.3 is 0 Å². The lowest BCUT2D eigenvalue weighted by Crippen LogP contribution is -2.32. The van der Waals surface area contributed by atoms with Crippen molar-refractivity contribution < 1.29 is 9.48 Å². The first-order chi connectivity index (χ1) is 7.38. The first kappa shape index (κ1) is 9.67. The monoisotopic (exact) mass is 205 g/mol. The summed E-state index contributed by atoms with van der Waals surface area (Å²) in [5.41, 5.74) is 6.89. The number of hydrazine groups is 2. The molecule has 0 radical (unpaired) electrons. The fraction of sp³-hybridized carbons (Fsp3) is 0.200. The Morgan fingerprint density at radius 2 is 2.27 bits per heavy atom. The zero-order valence-electron chi connectivity index (χ0n) is 8.26. The van der Waals surface area contributed by atoms with Crippen LogP contribution in [0.25, 0.3) is 0 Å². The molecule has 2 N–H and O–H groups in total. The minimum atomic E-state index is 0.589. The van der Waals surface area contributed by atoms with Gasteiger partial charge in [-0.15, -0.1) is 10.1 Å². The minimum Gasteiger partial charge on any atom is -0.275 e. The normalized spacial score (nSPS) is 14.9. The lowest BCUT2D eigenvalue weighted by molar-refractivity contribution is -0.564. The Labute approximate surface area is 88.0 Å². The molecule has 0 bridgehead atoms. The quantitative estimate of drug-likeness (QED) is 0.522. The molecule has 0 fully saturated rings. The molecule has 1 aromatic carbocycles. The van der Waals surface area contributed by atoms with Crippen molar-refractivity contribution in [3.63, 3.8) is 0 Å². The highest BCUT2D eigenvalue weighted by Gasteiger charge is 2.18. The van der Waals surface area contributed by atoms with Crippen molar-refractivity contribution in [3.05, 3.63) is 35.9 Å². The highest BCUT2D eigenvalue weighted by Crippen LogP contribution is 2.01. The average Bonchev–Trinajstić information content (AvgIpc) is 2.68. The third kappa shape index (κ3) is 2.54. The molecular formula is C10H13N4O+. The molecule has 0 saturated heterocycles. The van der Waals surface area contributed by atoms with Crippen LogP contribution in [0.2, 0.25) is 0 Å². The summed E-state index contributed by atoms with van der Waals surface area (Å²) < 4.78 is 1.68. The second-order valence-corrected chi connectivity index (χ2v) is 3.26. The van der Waals surface area contributed by atoms with Crippen molar-refractivity contribution in [2.75, 3.05) is 6.67 Å². The van der Waals surface area contributed by atoms with Crippen LogP contribution in [0, 0.1) is 0 Å². The highest BCUT2D eigenvalue weighted by molar-refractivity contribution is 5.51. The molecule has 0 spiro atoms. The van der Waals surface area contributed by atoms with Gasteiger partial charge >= 0.3 is 0 Å². The predicted octanol–water partition coefficient (Wildman–Crippen LogP) is -0.334. The van der Waals surface area contributed by atoms with Gasteiger partial charge in [0.05, 0.1) is 0 Å². The summed E-state index contributed by atoms with van der Waals surface area (Å²) in [7, 11) is 0. The van der Waals surface area contributed by atoms with Crippen LogP contribution in [0.4, 0.5) is 0 Å². The fourth-order valence-electron chi connectivity index (χ4n) is 1.44. The maximum Gasteiger partial charge on any atom is 0.278 e. The van der Waals surface area contributed by atoms with Gasteiger partial charge in [0, 0.05) is 0 Å². The Hall–Kier alpha value is -1.88. The number of nitrogens with one attached hydrogen (secondary N) is 2. The molecule has 15 heavy (non-hydrogen) atoms. The maximum atomic E-state index is 10.2. The van der Waals surface area contributed by atoms with Crippen LogP contribution < -0.4 is 10.9 Å². The fourth-order valence-corrected chi connectivity index (χ4v) is 1.44. The SMILES string of the molecule is O=CN[N+]1=CN(Cc2ccccc2)NC1. The van der Waals surface area contributed by atoms with Crippen LogP contribution in [-0.4, -0.2) is 29.1 Å². The third-order valence-electron chi connectivity index (χ3n) is 2.14. The Balaban J connectivity index is 1.95. The average molecular weight is 205 g/mol. The Bertz CT molecular complexity index is 363.